The fourth-order valence-corrected chi connectivity index (χ4v) is 2.61. The fraction of sp³-hybridized carbons (Fsp3) is 0.235. The molecule has 0 radical (unpaired) electrons. The van der Waals surface area contributed by atoms with Gasteiger partial charge in [-0.15, -0.1) is 0 Å². The molecule has 1 amide bonds. The summed E-state index contributed by atoms with van der Waals surface area (Å²) in [6.45, 7) is 3.37. The van der Waals surface area contributed by atoms with Crippen molar-refractivity contribution < 1.29 is 14.1 Å². The summed E-state index contributed by atoms with van der Waals surface area (Å²) in [4.78, 5) is 22.5. The van der Waals surface area contributed by atoms with E-state index in [9.17, 15) is 19.3 Å². The van der Waals surface area contributed by atoms with Crippen molar-refractivity contribution in [3.63, 3.8) is 0 Å². The Hall–Kier alpha value is -3.56. The number of anilines is 1. The number of nitrogens with one attached hydrogen (secondary N) is 1. The molecule has 2 aromatic heterocycles. The molecule has 0 aliphatic carbocycles. The van der Waals surface area contributed by atoms with Crippen molar-refractivity contribution in [1.82, 2.24) is 19.6 Å². The lowest BCUT2D eigenvalue weighted by Gasteiger charge is -2.06. The third-order valence-corrected chi connectivity index (χ3v) is 4.09. The van der Waals surface area contributed by atoms with E-state index >= 15 is 0 Å². The Labute approximate surface area is 153 Å². The molecule has 0 saturated carbocycles. The van der Waals surface area contributed by atoms with Crippen LogP contribution in [0.3, 0.4) is 0 Å². The number of aromatic nitrogens is 4. The summed E-state index contributed by atoms with van der Waals surface area (Å²) in [6, 6.07) is 8.06. The summed E-state index contributed by atoms with van der Waals surface area (Å²) in [5.41, 5.74) is 1.38. The smallest absolute Gasteiger partial charge is 0.308 e. The Morgan fingerprint density at radius 3 is 2.70 bits per heavy atom. The van der Waals surface area contributed by atoms with Gasteiger partial charge in [0.1, 0.15) is 24.3 Å². The first-order valence-corrected chi connectivity index (χ1v) is 8.09. The molecule has 10 heteroatoms. The van der Waals surface area contributed by atoms with E-state index in [0.717, 1.165) is 11.9 Å². The predicted molar refractivity (Wildman–Crippen MR) is 94.7 cm³/mol. The van der Waals surface area contributed by atoms with Crippen LogP contribution in [-0.4, -0.2) is 30.4 Å². The van der Waals surface area contributed by atoms with E-state index in [1.165, 1.54) is 17.7 Å². The molecule has 0 unspecified atom stereocenters. The van der Waals surface area contributed by atoms with Crippen molar-refractivity contribution in [3.8, 4) is 0 Å². The number of carbonyl (C=O) groups excluding carboxylic acids is 1. The maximum atomic E-state index is 13.8. The maximum absolute atomic E-state index is 13.8. The molecular formula is C17H17FN6O3. The van der Waals surface area contributed by atoms with Gasteiger partial charge in [-0.2, -0.15) is 10.2 Å². The van der Waals surface area contributed by atoms with E-state index in [0.29, 0.717) is 11.4 Å². The highest BCUT2D eigenvalue weighted by Gasteiger charge is 2.18. The molecule has 140 valence electrons. The minimum Gasteiger partial charge on any atom is -0.308 e. The molecule has 1 N–H and O–H groups in total. The van der Waals surface area contributed by atoms with Crippen LogP contribution in [0.15, 0.2) is 36.5 Å². The molecule has 0 bridgehead atoms. The Morgan fingerprint density at radius 1 is 1.30 bits per heavy atom. The molecule has 3 aromatic rings. The van der Waals surface area contributed by atoms with Crippen LogP contribution in [0.2, 0.25) is 0 Å². The van der Waals surface area contributed by atoms with Gasteiger partial charge in [0.25, 0.3) is 0 Å². The monoisotopic (exact) mass is 372 g/mol. The van der Waals surface area contributed by atoms with Crippen LogP contribution < -0.4 is 5.32 Å². The summed E-state index contributed by atoms with van der Waals surface area (Å²) in [5, 5.41) is 21.6. The highest BCUT2D eigenvalue weighted by molar-refractivity contribution is 5.89. The Kier molecular flexibility index (Phi) is 4.97. The molecule has 0 aliphatic rings. The topological polar surface area (TPSA) is 108 Å². The highest BCUT2D eigenvalue weighted by atomic mass is 19.1. The summed E-state index contributed by atoms with van der Waals surface area (Å²) < 4.78 is 16.6. The minimum absolute atomic E-state index is 0.146. The SMILES string of the molecule is Cc1cc(NC(=O)Cn2ncc([N+](=O)[O-])c2C)nn1Cc1ccccc1F. The lowest BCUT2D eigenvalue weighted by atomic mass is 10.2. The lowest BCUT2D eigenvalue weighted by Crippen LogP contribution is -2.20. The minimum atomic E-state index is -0.551. The molecule has 27 heavy (non-hydrogen) atoms. The van der Waals surface area contributed by atoms with Gasteiger partial charge >= 0.3 is 5.69 Å². The average molecular weight is 372 g/mol. The number of amides is 1. The molecule has 2 heterocycles. The molecule has 0 saturated heterocycles. The summed E-state index contributed by atoms with van der Waals surface area (Å²) >= 11 is 0. The third-order valence-electron chi connectivity index (χ3n) is 4.09. The van der Waals surface area contributed by atoms with Gasteiger partial charge in [-0.3, -0.25) is 24.3 Å². The molecule has 0 spiro atoms. The van der Waals surface area contributed by atoms with Crippen LogP contribution in [0.5, 0.6) is 0 Å². The first kappa shape index (κ1) is 18.2. The normalized spacial score (nSPS) is 10.8. The van der Waals surface area contributed by atoms with Crippen molar-refractivity contribution in [3.05, 3.63) is 69.4 Å². The molecule has 0 aliphatic heterocycles. The van der Waals surface area contributed by atoms with Gasteiger partial charge in [0, 0.05) is 17.3 Å². The van der Waals surface area contributed by atoms with Crippen LogP contribution in [0.25, 0.3) is 0 Å². The van der Waals surface area contributed by atoms with Crippen LogP contribution in [0.4, 0.5) is 15.9 Å². The second-order valence-electron chi connectivity index (χ2n) is 6.00. The zero-order valence-electron chi connectivity index (χ0n) is 14.7. The number of halogens is 1. The number of nitrogens with zero attached hydrogens (tertiary/aromatic N) is 5. The molecule has 1 aromatic carbocycles. The number of hydrogen-bond acceptors (Lipinski definition) is 5. The van der Waals surface area contributed by atoms with Gasteiger partial charge in [0.05, 0.1) is 11.5 Å². The average Bonchev–Trinajstić information content (AvgIpc) is 3.13. The number of rotatable bonds is 6. The Balaban J connectivity index is 1.69. The second-order valence-corrected chi connectivity index (χ2v) is 6.00. The third kappa shape index (κ3) is 4.00. The number of carbonyl (C=O) groups is 1. The standard InChI is InChI=1S/C17H17FN6O3/c1-11-7-16(21-22(11)9-13-5-3-4-6-14(13)18)20-17(25)10-23-12(2)15(8-19-23)24(26)27/h3-8H,9-10H2,1-2H3,(H,20,21,25). The van der Waals surface area contributed by atoms with Gasteiger partial charge in [-0.25, -0.2) is 4.39 Å². The molecule has 3 rings (SSSR count). The van der Waals surface area contributed by atoms with Crippen molar-refractivity contribution in [2.75, 3.05) is 5.32 Å². The Bertz CT molecular complexity index is 1010. The first-order valence-electron chi connectivity index (χ1n) is 8.09. The number of nitro groups is 1. The van der Waals surface area contributed by atoms with E-state index in [-0.39, 0.29) is 30.3 Å². The largest absolute Gasteiger partial charge is 0.309 e. The summed E-state index contributed by atoms with van der Waals surface area (Å²) in [6.07, 6.45) is 1.11. The number of hydrogen-bond donors (Lipinski definition) is 1. The van der Waals surface area contributed by atoms with Gasteiger partial charge in [-0.05, 0) is 19.9 Å². The lowest BCUT2D eigenvalue weighted by molar-refractivity contribution is -0.385. The van der Waals surface area contributed by atoms with Gasteiger partial charge in [0.2, 0.25) is 5.91 Å². The highest BCUT2D eigenvalue weighted by Crippen LogP contribution is 2.17. The van der Waals surface area contributed by atoms with Crippen molar-refractivity contribution >= 4 is 17.4 Å². The van der Waals surface area contributed by atoms with Gasteiger partial charge < -0.3 is 5.32 Å². The Morgan fingerprint density at radius 2 is 2.04 bits per heavy atom. The fourth-order valence-electron chi connectivity index (χ4n) is 2.61. The van der Waals surface area contributed by atoms with Crippen molar-refractivity contribution in [1.29, 1.82) is 0 Å². The zero-order valence-corrected chi connectivity index (χ0v) is 14.7. The quantitative estimate of drug-likeness (QED) is 0.528. The summed E-state index contributed by atoms with van der Waals surface area (Å²) in [5.74, 6) is -0.437. The maximum Gasteiger partial charge on any atom is 0.309 e. The van der Waals surface area contributed by atoms with Crippen LogP contribution >= 0.6 is 0 Å². The van der Waals surface area contributed by atoms with E-state index in [2.05, 4.69) is 15.5 Å². The van der Waals surface area contributed by atoms with E-state index in [1.54, 1.807) is 35.9 Å². The molecule has 9 nitrogen and oxygen atoms in total. The van der Waals surface area contributed by atoms with Crippen molar-refractivity contribution in [2.24, 2.45) is 0 Å². The van der Waals surface area contributed by atoms with E-state index in [4.69, 9.17) is 0 Å². The second kappa shape index (κ2) is 7.36. The van der Waals surface area contributed by atoms with Crippen LogP contribution in [0, 0.1) is 29.8 Å². The van der Waals surface area contributed by atoms with Crippen LogP contribution in [0.1, 0.15) is 17.0 Å². The predicted octanol–water partition coefficient (Wildman–Crippen LogP) is 2.43. The summed E-state index contributed by atoms with van der Waals surface area (Å²) in [7, 11) is 0. The van der Waals surface area contributed by atoms with E-state index < -0.39 is 10.8 Å². The molecular weight excluding hydrogens is 355 g/mol. The van der Waals surface area contributed by atoms with E-state index in [1.807, 2.05) is 0 Å². The number of benzene rings is 1. The first-order chi connectivity index (χ1) is 12.8. The van der Waals surface area contributed by atoms with Crippen molar-refractivity contribution in [2.45, 2.75) is 26.9 Å². The van der Waals surface area contributed by atoms with Gasteiger partial charge in [0.15, 0.2) is 5.82 Å². The van der Waals surface area contributed by atoms with Gasteiger partial charge in [-0.1, -0.05) is 18.2 Å². The van der Waals surface area contributed by atoms with Crippen LogP contribution in [-0.2, 0) is 17.9 Å². The zero-order chi connectivity index (χ0) is 19.6. The molecule has 0 atom stereocenters. The molecule has 0 fully saturated rings. The number of aryl methyl sites for hydroxylation is 1.